The van der Waals surface area contributed by atoms with Crippen LogP contribution in [0.3, 0.4) is 0 Å². The Morgan fingerprint density at radius 2 is 1.85 bits per heavy atom. The second-order valence-electron chi connectivity index (χ2n) is 7.41. The van der Waals surface area contributed by atoms with Gasteiger partial charge >= 0.3 is 6.03 Å². The first-order valence-corrected chi connectivity index (χ1v) is 9.70. The van der Waals surface area contributed by atoms with Crippen LogP contribution in [0.15, 0.2) is 18.2 Å². The summed E-state index contributed by atoms with van der Waals surface area (Å²) in [5.74, 6) is 1.29. The third-order valence-electron chi connectivity index (χ3n) is 4.87. The van der Waals surface area contributed by atoms with Gasteiger partial charge in [-0.1, -0.05) is 13.8 Å². The highest BCUT2D eigenvalue weighted by Gasteiger charge is 2.23. The number of rotatable bonds is 4. The van der Waals surface area contributed by atoms with Gasteiger partial charge in [-0.15, -0.1) is 0 Å². The first-order chi connectivity index (χ1) is 13.0. The van der Waals surface area contributed by atoms with E-state index in [-0.39, 0.29) is 11.9 Å². The fourth-order valence-corrected chi connectivity index (χ4v) is 3.23. The van der Waals surface area contributed by atoms with Gasteiger partial charge < -0.3 is 24.6 Å². The molecule has 0 atom stereocenters. The van der Waals surface area contributed by atoms with Gasteiger partial charge in [-0.2, -0.15) is 0 Å². The molecule has 3 rings (SSSR count). The maximum Gasteiger partial charge on any atom is 0.317 e. The Balaban J connectivity index is 1.68. The van der Waals surface area contributed by atoms with Gasteiger partial charge in [0.15, 0.2) is 0 Å². The molecule has 0 aromatic heterocycles. The fourth-order valence-electron chi connectivity index (χ4n) is 3.23. The molecule has 0 spiro atoms. The summed E-state index contributed by atoms with van der Waals surface area (Å²) in [6.45, 7) is 8.70. The van der Waals surface area contributed by atoms with Crippen molar-refractivity contribution in [2.45, 2.75) is 26.8 Å². The van der Waals surface area contributed by atoms with E-state index in [0.717, 1.165) is 17.7 Å². The zero-order valence-electron chi connectivity index (χ0n) is 16.2. The van der Waals surface area contributed by atoms with Crippen molar-refractivity contribution < 1.29 is 19.1 Å². The van der Waals surface area contributed by atoms with Gasteiger partial charge in [-0.25, -0.2) is 4.79 Å². The van der Waals surface area contributed by atoms with Crippen molar-refractivity contribution in [1.82, 2.24) is 15.1 Å². The van der Waals surface area contributed by atoms with E-state index in [0.29, 0.717) is 64.0 Å². The highest BCUT2D eigenvalue weighted by molar-refractivity contribution is 5.94. The van der Waals surface area contributed by atoms with Gasteiger partial charge in [-0.3, -0.25) is 4.79 Å². The Hall–Kier alpha value is -2.28. The van der Waals surface area contributed by atoms with E-state index in [2.05, 4.69) is 19.2 Å². The molecule has 2 aliphatic heterocycles. The van der Waals surface area contributed by atoms with Gasteiger partial charge in [-0.05, 0) is 30.5 Å². The number of benzene rings is 1. The first kappa shape index (κ1) is 19.5. The van der Waals surface area contributed by atoms with E-state index in [1.807, 2.05) is 12.1 Å². The van der Waals surface area contributed by atoms with Gasteiger partial charge in [0.25, 0.3) is 5.91 Å². The summed E-state index contributed by atoms with van der Waals surface area (Å²) >= 11 is 0. The molecule has 7 nitrogen and oxygen atoms in total. The van der Waals surface area contributed by atoms with E-state index >= 15 is 0 Å². The van der Waals surface area contributed by atoms with Crippen molar-refractivity contribution in [3.05, 3.63) is 29.3 Å². The van der Waals surface area contributed by atoms with Crippen molar-refractivity contribution in [3.63, 3.8) is 0 Å². The Bertz CT molecular complexity index is 671. The topological polar surface area (TPSA) is 71.1 Å². The molecule has 7 heteroatoms. The SMILES string of the molecule is CC(C)CCNC(=O)N1CCOc2ccc(C(=O)N3CCOCC3)cc2C1. The molecule has 2 aliphatic rings. The number of hydrogen-bond donors (Lipinski definition) is 1. The van der Waals surface area contributed by atoms with E-state index in [1.165, 1.54) is 0 Å². The predicted octanol–water partition coefficient (Wildman–Crippen LogP) is 2.11. The number of urea groups is 1. The fraction of sp³-hybridized carbons (Fsp3) is 0.600. The Morgan fingerprint density at radius 1 is 1.11 bits per heavy atom. The summed E-state index contributed by atoms with van der Waals surface area (Å²) in [5, 5.41) is 2.97. The summed E-state index contributed by atoms with van der Waals surface area (Å²) in [7, 11) is 0. The van der Waals surface area contributed by atoms with Crippen LogP contribution >= 0.6 is 0 Å². The third-order valence-corrected chi connectivity index (χ3v) is 4.87. The summed E-state index contributed by atoms with van der Waals surface area (Å²) in [4.78, 5) is 28.8. The van der Waals surface area contributed by atoms with Crippen LogP contribution in [0.5, 0.6) is 5.75 Å². The maximum atomic E-state index is 12.7. The van der Waals surface area contributed by atoms with E-state index in [1.54, 1.807) is 15.9 Å². The first-order valence-electron chi connectivity index (χ1n) is 9.70. The monoisotopic (exact) mass is 375 g/mol. The molecule has 0 bridgehead atoms. The Kier molecular flexibility index (Phi) is 6.55. The number of hydrogen-bond acceptors (Lipinski definition) is 4. The molecule has 1 aromatic carbocycles. The van der Waals surface area contributed by atoms with Crippen LogP contribution in [0.4, 0.5) is 4.79 Å². The lowest BCUT2D eigenvalue weighted by molar-refractivity contribution is 0.0303. The minimum atomic E-state index is -0.0861. The van der Waals surface area contributed by atoms with Crippen molar-refractivity contribution in [2.75, 3.05) is 46.0 Å². The number of amides is 3. The smallest absolute Gasteiger partial charge is 0.317 e. The number of morpholine rings is 1. The molecule has 0 radical (unpaired) electrons. The molecule has 0 saturated carbocycles. The molecular weight excluding hydrogens is 346 g/mol. The zero-order valence-corrected chi connectivity index (χ0v) is 16.2. The predicted molar refractivity (Wildman–Crippen MR) is 102 cm³/mol. The highest BCUT2D eigenvalue weighted by Crippen LogP contribution is 2.25. The van der Waals surface area contributed by atoms with E-state index < -0.39 is 0 Å². The summed E-state index contributed by atoms with van der Waals surface area (Å²) in [6.07, 6.45) is 0.949. The summed E-state index contributed by atoms with van der Waals surface area (Å²) < 4.78 is 11.1. The van der Waals surface area contributed by atoms with E-state index in [9.17, 15) is 9.59 Å². The minimum absolute atomic E-state index is 0.00159. The van der Waals surface area contributed by atoms with Crippen LogP contribution < -0.4 is 10.1 Å². The zero-order chi connectivity index (χ0) is 19.2. The molecule has 1 aromatic rings. The molecule has 148 valence electrons. The lowest BCUT2D eigenvalue weighted by Gasteiger charge is -2.27. The third kappa shape index (κ3) is 5.13. The molecule has 1 fully saturated rings. The van der Waals surface area contributed by atoms with Crippen molar-refractivity contribution in [2.24, 2.45) is 5.92 Å². The standard InChI is InChI=1S/C20H29N3O4/c1-15(2)5-6-21-20(25)23-9-12-27-18-4-3-16(13-17(18)14-23)19(24)22-7-10-26-11-8-22/h3-4,13,15H,5-12,14H2,1-2H3,(H,21,25). The minimum Gasteiger partial charge on any atom is -0.491 e. The molecule has 1 saturated heterocycles. The second kappa shape index (κ2) is 9.08. The van der Waals surface area contributed by atoms with Gasteiger partial charge in [0.1, 0.15) is 12.4 Å². The van der Waals surface area contributed by atoms with Crippen LogP contribution in [0.1, 0.15) is 36.2 Å². The van der Waals surface area contributed by atoms with Crippen LogP contribution in [-0.4, -0.2) is 67.7 Å². The number of carbonyl (C=O) groups excluding carboxylic acids is 2. The molecule has 0 unspecified atom stereocenters. The molecular formula is C20H29N3O4. The molecule has 0 aliphatic carbocycles. The molecule has 1 N–H and O–H groups in total. The summed E-state index contributed by atoms with van der Waals surface area (Å²) in [5.41, 5.74) is 1.49. The number of nitrogens with zero attached hydrogens (tertiary/aromatic N) is 2. The lowest BCUT2D eigenvalue weighted by Crippen LogP contribution is -2.41. The number of carbonyl (C=O) groups is 2. The molecule has 27 heavy (non-hydrogen) atoms. The lowest BCUT2D eigenvalue weighted by atomic mass is 10.1. The Labute approximate surface area is 160 Å². The van der Waals surface area contributed by atoms with Gasteiger partial charge in [0.2, 0.25) is 0 Å². The van der Waals surface area contributed by atoms with Crippen LogP contribution in [0.25, 0.3) is 0 Å². The molecule has 3 amide bonds. The molecule has 2 heterocycles. The van der Waals surface area contributed by atoms with Crippen molar-refractivity contribution in [1.29, 1.82) is 0 Å². The second-order valence-corrected chi connectivity index (χ2v) is 7.41. The van der Waals surface area contributed by atoms with Crippen molar-refractivity contribution in [3.8, 4) is 5.75 Å². The normalized spacial score (nSPS) is 17.1. The highest BCUT2D eigenvalue weighted by atomic mass is 16.5. The quantitative estimate of drug-likeness (QED) is 0.875. The van der Waals surface area contributed by atoms with Crippen LogP contribution in [0.2, 0.25) is 0 Å². The number of fused-ring (bicyclic) bond motifs is 1. The van der Waals surface area contributed by atoms with Crippen LogP contribution in [-0.2, 0) is 11.3 Å². The average molecular weight is 375 g/mol. The van der Waals surface area contributed by atoms with Crippen molar-refractivity contribution >= 4 is 11.9 Å². The summed E-state index contributed by atoms with van der Waals surface area (Å²) in [6, 6.07) is 5.40. The number of nitrogens with one attached hydrogen (secondary N) is 1. The van der Waals surface area contributed by atoms with Gasteiger partial charge in [0.05, 0.1) is 26.3 Å². The van der Waals surface area contributed by atoms with E-state index in [4.69, 9.17) is 9.47 Å². The maximum absolute atomic E-state index is 12.7. The number of ether oxygens (including phenoxy) is 2. The van der Waals surface area contributed by atoms with Gasteiger partial charge in [0, 0.05) is 30.8 Å². The Morgan fingerprint density at radius 3 is 2.59 bits per heavy atom. The largest absolute Gasteiger partial charge is 0.491 e. The average Bonchev–Trinajstić information content (AvgIpc) is 2.89. The van der Waals surface area contributed by atoms with Crippen LogP contribution in [0, 0.1) is 5.92 Å².